The molecule has 7 aromatic rings. The maximum Gasteiger partial charge on any atom is 0.318 e. The first kappa shape index (κ1) is 50.0. The summed E-state index contributed by atoms with van der Waals surface area (Å²) in [4.78, 5) is 33.1. The summed E-state index contributed by atoms with van der Waals surface area (Å²) in [7, 11) is 3.65. The molecule has 0 radical (unpaired) electrons. The van der Waals surface area contributed by atoms with Crippen molar-refractivity contribution in [1.82, 2.24) is 55.5 Å². The highest BCUT2D eigenvalue weighted by Gasteiger charge is 2.35. The fraction of sp³-hybridized carbons (Fsp3) is 0.407. The Balaban J connectivity index is 0.000000159. The van der Waals surface area contributed by atoms with Crippen LogP contribution in [0.15, 0.2) is 79.0 Å². The van der Waals surface area contributed by atoms with Crippen molar-refractivity contribution in [3.05, 3.63) is 102 Å². The van der Waals surface area contributed by atoms with E-state index in [-0.39, 0.29) is 52.1 Å². The number of carbonyl (C=O) groups excluding carboxylic acids is 1. The van der Waals surface area contributed by atoms with E-state index in [1.807, 2.05) is 69.3 Å². The van der Waals surface area contributed by atoms with E-state index in [1.54, 1.807) is 22.9 Å². The van der Waals surface area contributed by atoms with Crippen LogP contribution in [0.1, 0.15) is 67.7 Å². The van der Waals surface area contributed by atoms with Crippen molar-refractivity contribution in [1.29, 1.82) is 0 Å². The summed E-state index contributed by atoms with van der Waals surface area (Å²) in [5, 5.41) is 51.4. The molecule has 3 aromatic heterocycles. The van der Waals surface area contributed by atoms with Gasteiger partial charge < -0.3 is 45.8 Å². The number of nitrogens with one attached hydrogen (secondary N) is 3. The zero-order valence-electron chi connectivity index (χ0n) is 41.7. The first-order chi connectivity index (χ1) is 34.9. The molecule has 0 aliphatic carbocycles. The number of phenolic OH excluding ortho intramolecular Hbond substituents is 3. The average molecular weight is 981 g/mol. The SMILES string of the molecule is CCNC(=O)c1nnc(-c2cc(C(C)C)c(O)cc2O)n1-c1ccc(CN2CCNCC2)cc1.CN1CCCC1.COc1nc(N2CC3CNC(C3)C2)c2cnc(-c3cc(O)cc4ccccc34)c(F)c2n1. The number of rotatable bonds is 10. The minimum Gasteiger partial charge on any atom is -0.508 e. The van der Waals surface area contributed by atoms with Gasteiger partial charge in [-0.2, -0.15) is 9.97 Å². The van der Waals surface area contributed by atoms with Crippen LogP contribution >= 0.6 is 0 Å². The van der Waals surface area contributed by atoms with Crippen molar-refractivity contribution in [2.45, 2.75) is 58.5 Å². The fourth-order valence-electron chi connectivity index (χ4n) is 10.1. The standard InChI is InChI=1S/C25H32N6O3.C24H22FN5O2.C5H11N/c1-4-27-25(34)24-29-28-23(20-13-19(16(2)3)21(32)14-22(20)33)31(24)18-7-5-17(6-8-18)15-30-11-9-26-10-12-30;1-32-24-28-22-19(23(29-24)30-11-13-6-15(12-30)26-9-13)10-27-21(20(22)25)18-8-16(31)7-14-4-2-3-5-17(14)18;1-6-4-2-3-5-6/h5-8,13-14,16,26,32-33H,4,9-12,15H2,1-3H3,(H,27,34);2-5,7-8,10,13,15,26,31H,6,9,11-12H2,1H3;2-5H2,1H3. The van der Waals surface area contributed by atoms with Gasteiger partial charge in [0.25, 0.3) is 5.91 Å². The van der Waals surface area contributed by atoms with E-state index in [0.717, 1.165) is 69.6 Å². The number of hydrogen-bond donors (Lipinski definition) is 6. The molecule has 1 amide bonds. The molecule has 17 nitrogen and oxygen atoms in total. The lowest BCUT2D eigenvalue weighted by Gasteiger charge is -2.32. The number of hydrogen-bond acceptors (Lipinski definition) is 15. The molecule has 72 heavy (non-hydrogen) atoms. The molecule has 4 aromatic carbocycles. The number of benzene rings is 4. The second kappa shape index (κ2) is 22.2. The molecule has 4 fully saturated rings. The molecule has 7 heterocycles. The minimum atomic E-state index is -0.557. The van der Waals surface area contributed by atoms with E-state index >= 15 is 4.39 Å². The van der Waals surface area contributed by atoms with Crippen LogP contribution in [-0.4, -0.2) is 146 Å². The minimum absolute atomic E-state index is 0.0172. The van der Waals surface area contributed by atoms with Gasteiger partial charge in [0.1, 0.15) is 34.3 Å². The zero-order valence-corrected chi connectivity index (χ0v) is 41.7. The van der Waals surface area contributed by atoms with Crippen molar-refractivity contribution in [3.8, 4) is 51.6 Å². The summed E-state index contributed by atoms with van der Waals surface area (Å²) < 4.78 is 22.9. The maximum absolute atomic E-state index is 15.9. The Kier molecular flexibility index (Phi) is 15.4. The summed E-state index contributed by atoms with van der Waals surface area (Å²) in [6, 6.07) is 22.2. The van der Waals surface area contributed by atoms with Crippen LogP contribution in [0.25, 0.3) is 50.0 Å². The van der Waals surface area contributed by atoms with Gasteiger partial charge in [0.15, 0.2) is 11.6 Å². The first-order valence-corrected chi connectivity index (χ1v) is 25.0. The average Bonchev–Trinajstić information content (AvgIpc) is 4.14. The van der Waals surface area contributed by atoms with Crippen LogP contribution in [0, 0.1) is 11.7 Å². The van der Waals surface area contributed by atoms with Crippen molar-refractivity contribution in [2.24, 2.45) is 5.92 Å². The highest BCUT2D eigenvalue weighted by molar-refractivity contribution is 6.00. The number of pyridine rings is 1. The number of phenols is 3. The largest absolute Gasteiger partial charge is 0.508 e. The maximum atomic E-state index is 15.9. The molecule has 4 aliphatic rings. The molecule has 2 unspecified atom stereocenters. The number of ether oxygens (including phenoxy) is 1. The van der Waals surface area contributed by atoms with Gasteiger partial charge in [-0.05, 0) is 110 Å². The number of piperidine rings is 1. The molecule has 2 atom stereocenters. The number of halogens is 1. The topological polar surface area (TPSA) is 202 Å². The number of aromatic nitrogens is 6. The molecular weight excluding hydrogens is 916 g/mol. The number of aromatic hydroxyl groups is 3. The van der Waals surface area contributed by atoms with Crippen LogP contribution < -0.4 is 25.6 Å². The summed E-state index contributed by atoms with van der Waals surface area (Å²) in [5.41, 5.74) is 3.77. The van der Waals surface area contributed by atoms with Gasteiger partial charge in [0, 0.05) is 88.5 Å². The van der Waals surface area contributed by atoms with Crippen LogP contribution in [0.5, 0.6) is 23.3 Å². The molecule has 4 aliphatic heterocycles. The number of anilines is 1. The van der Waals surface area contributed by atoms with Crippen LogP contribution in [0.2, 0.25) is 0 Å². The van der Waals surface area contributed by atoms with Gasteiger partial charge in [-0.1, -0.05) is 50.2 Å². The lowest BCUT2D eigenvalue weighted by molar-refractivity contribution is 0.0943. The Hall–Kier alpha value is -6.99. The molecule has 18 heteroatoms. The molecule has 6 N–H and O–H groups in total. The Bertz CT molecular complexity index is 3020. The van der Waals surface area contributed by atoms with Gasteiger partial charge in [0.2, 0.25) is 5.82 Å². The highest BCUT2D eigenvalue weighted by atomic mass is 19.1. The number of likely N-dealkylation sites (tertiary alicyclic amines) is 1. The van der Waals surface area contributed by atoms with Gasteiger partial charge >= 0.3 is 6.01 Å². The molecular formula is C54H65FN12O5. The Morgan fingerprint density at radius 2 is 1.67 bits per heavy atom. The number of amides is 1. The molecule has 0 saturated carbocycles. The number of piperazine rings is 1. The van der Waals surface area contributed by atoms with E-state index < -0.39 is 5.82 Å². The van der Waals surface area contributed by atoms with Crippen LogP contribution in [-0.2, 0) is 6.54 Å². The Labute approximate surface area is 419 Å². The van der Waals surface area contributed by atoms with E-state index in [0.29, 0.717) is 57.9 Å². The van der Waals surface area contributed by atoms with Crippen molar-refractivity contribution in [3.63, 3.8) is 0 Å². The summed E-state index contributed by atoms with van der Waals surface area (Å²) in [6.45, 7) is 16.3. The van der Waals surface area contributed by atoms with Gasteiger partial charge in [0.05, 0.1) is 18.1 Å². The first-order valence-electron chi connectivity index (χ1n) is 25.0. The van der Waals surface area contributed by atoms with E-state index in [1.165, 1.54) is 50.7 Å². The summed E-state index contributed by atoms with van der Waals surface area (Å²) in [5.74, 6) is 0.703. The summed E-state index contributed by atoms with van der Waals surface area (Å²) >= 11 is 0. The van der Waals surface area contributed by atoms with Gasteiger partial charge in [-0.25, -0.2) is 4.39 Å². The number of fused-ring (bicyclic) bond motifs is 4. The molecule has 2 bridgehead atoms. The molecule has 0 spiro atoms. The lowest BCUT2D eigenvalue weighted by Crippen LogP contribution is -2.42. The second-order valence-corrected chi connectivity index (χ2v) is 19.4. The number of carbonyl (C=O) groups is 1. The summed E-state index contributed by atoms with van der Waals surface area (Å²) in [6.07, 6.45) is 5.61. The lowest BCUT2D eigenvalue weighted by atomic mass is 9.98. The normalized spacial score (nSPS) is 18.0. The fourth-order valence-corrected chi connectivity index (χ4v) is 10.1. The quantitative estimate of drug-likeness (QED) is 0.0832. The number of methoxy groups -OCH3 is 1. The van der Waals surface area contributed by atoms with Gasteiger partial charge in [-0.3, -0.25) is 19.2 Å². The molecule has 378 valence electrons. The van der Waals surface area contributed by atoms with Gasteiger partial charge in [-0.15, -0.1) is 10.2 Å². The zero-order chi connectivity index (χ0) is 50.5. The predicted molar refractivity (Wildman–Crippen MR) is 278 cm³/mol. The third-order valence-electron chi connectivity index (χ3n) is 13.8. The molecule has 4 saturated heterocycles. The predicted octanol–water partition coefficient (Wildman–Crippen LogP) is 6.83. The third-order valence-corrected chi connectivity index (χ3v) is 13.8. The third kappa shape index (κ3) is 10.9. The van der Waals surface area contributed by atoms with Crippen molar-refractivity contribution < 1.29 is 29.2 Å². The second-order valence-electron chi connectivity index (χ2n) is 19.4. The van der Waals surface area contributed by atoms with Crippen molar-refractivity contribution in [2.75, 3.05) is 84.5 Å². The van der Waals surface area contributed by atoms with E-state index in [9.17, 15) is 20.1 Å². The molecule has 11 rings (SSSR count). The Morgan fingerprint density at radius 3 is 2.36 bits per heavy atom. The monoisotopic (exact) mass is 981 g/mol. The van der Waals surface area contributed by atoms with Crippen LogP contribution in [0.3, 0.4) is 0 Å². The number of nitrogens with zero attached hydrogens (tertiary/aromatic N) is 9. The highest BCUT2D eigenvalue weighted by Crippen LogP contribution is 2.40. The van der Waals surface area contributed by atoms with Crippen molar-refractivity contribution >= 4 is 33.4 Å². The Morgan fingerprint density at radius 1 is 0.903 bits per heavy atom. The van der Waals surface area contributed by atoms with E-state index in [2.05, 4.69) is 62.8 Å². The smallest absolute Gasteiger partial charge is 0.318 e. The van der Waals surface area contributed by atoms with E-state index in [4.69, 9.17) is 4.74 Å². The van der Waals surface area contributed by atoms with Crippen LogP contribution in [0.4, 0.5) is 10.2 Å².